The van der Waals surface area contributed by atoms with Crippen molar-refractivity contribution in [1.82, 2.24) is 14.6 Å². The monoisotopic (exact) mass is 431 g/mol. The molecule has 1 heterocycles. The van der Waals surface area contributed by atoms with Crippen molar-refractivity contribution in [1.29, 1.82) is 10.5 Å². The number of hydrogen-bond acceptors (Lipinski definition) is 7. The molecule has 0 radical (unpaired) electrons. The quantitative estimate of drug-likeness (QED) is 0.360. The summed E-state index contributed by atoms with van der Waals surface area (Å²) in [5, 5.41) is 18.2. The highest BCUT2D eigenvalue weighted by atomic mass is 31.2. The van der Waals surface area contributed by atoms with Gasteiger partial charge in [-0.2, -0.15) is 10.5 Å². The van der Waals surface area contributed by atoms with Crippen LogP contribution in [0.15, 0.2) is 12.5 Å². The Balaban J connectivity index is 2.12. The van der Waals surface area contributed by atoms with Crippen LogP contribution in [0.3, 0.4) is 0 Å². The van der Waals surface area contributed by atoms with Crippen LogP contribution in [0.5, 0.6) is 0 Å². The molecule has 4 atom stereocenters. The van der Waals surface area contributed by atoms with Gasteiger partial charge in [0, 0.05) is 18.3 Å². The lowest BCUT2D eigenvalue weighted by atomic mass is 9.97. The average molecular weight is 432 g/mol. The van der Waals surface area contributed by atoms with Crippen molar-refractivity contribution in [2.24, 2.45) is 11.8 Å². The zero-order valence-corrected chi connectivity index (χ0v) is 19.7. The highest BCUT2D eigenvalue weighted by molar-refractivity contribution is 7.44. The number of aromatic nitrogens is 2. The molecule has 0 amide bonds. The molecule has 1 aliphatic carbocycles. The SMILES string of the molecule is CC[C@H]1C[C@@H](Cc2ncncc2C#N)C[C@@H]1OP(OCCC#N)N(C(C)C)C(C)C. The summed E-state index contributed by atoms with van der Waals surface area (Å²) >= 11 is 0. The Labute approximate surface area is 182 Å². The first-order chi connectivity index (χ1) is 14.4. The molecule has 0 spiro atoms. The molecule has 8 heteroatoms. The van der Waals surface area contributed by atoms with E-state index in [1.54, 1.807) is 6.20 Å². The van der Waals surface area contributed by atoms with E-state index in [-0.39, 0.29) is 18.2 Å². The smallest absolute Gasteiger partial charge is 0.259 e. The van der Waals surface area contributed by atoms with Gasteiger partial charge in [0.25, 0.3) is 8.53 Å². The van der Waals surface area contributed by atoms with Crippen LogP contribution in [0.4, 0.5) is 0 Å². The lowest BCUT2D eigenvalue weighted by Crippen LogP contribution is -2.35. The first kappa shape index (κ1) is 24.6. The molecule has 0 N–H and O–H groups in total. The molecule has 1 fully saturated rings. The van der Waals surface area contributed by atoms with Gasteiger partial charge in [-0.3, -0.25) is 0 Å². The fourth-order valence-electron chi connectivity index (χ4n) is 4.22. The van der Waals surface area contributed by atoms with E-state index in [1.807, 2.05) is 0 Å². The summed E-state index contributed by atoms with van der Waals surface area (Å²) in [5.74, 6) is 0.873. The van der Waals surface area contributed by atoms with Gasteiger partial charge in [0.2, 0.25) is 0 Å². The van der Waals surface area contributed by atoms with E-state index in [2.05, 4.69) is 61.4 Å². The molecule has 30 heavy (non-hydrogen) atoms. The topological polar surface area (TPSA) is 95.1 Å². The highest BCUT2D eigenvalue weighted by Crippen LogP contribution is 2.51. The third kappa shape index (κ3) is 6.69. The lowest BCUT2D eigenvalue weighted by Gasteiger charge is -2.37. The zero-order valence-electron chi connectivity index (χ0n) is 18.8. The summed E-state index contributed by atoms with van der Waals surface area (Å²) in [7, 11) is -1.24. The maximum atomic E-state index is 9.33. The Morgan fingerprint density at radius 3 is 2.57 bits per heavy atom. The van der Waals surface area contributed by atoms with Gasteiger partial charge in [0.05, 0.1) is 36.5 Å². The molecule has 1 saturated carbocycles. The third-order valence-corrected chi connectivity index (χ3v) is 7.69. The van der Waals surface area contributed by atoms with E-state index in [1.165, 1.54) is 6.33 Å². The molecule has 1 aromatic heterocycles. The Morgan fingerprint density at radius 2 is 1.97 bits per heavy atom. The van der Waals surface area contributed by atoms with Crippen molar-refractivity contribution in [3.8, 4) is 12.1 Å². The lowest BCUT2D eigenvalue weighted by molar-refractivity contribution is 0.106. The summed E-state index contributed by atoms with van der Waals surface area (Å²) in [6.45, 7) is 11.2. The number of nitrogens with zero attached hydrogens (tertiary/aromatic N) is 5. The summed E-state index contributed by atoms with van der Waals surface area (Å²) in [4.78, 5) is 8.30. The highest BCUT2D eigenvalue weighted by Gasteiger charge is 2.38. The van der Waals surface area contributed by atoms with Crippen LogP contribution < -0.4 is 0 Å². The molecular weight excluding hydrogens is 397 g/mol. The largest absolute Gasteiger partial charge is 0.321 e. The van der Waals surface area contributed by atoms with Crippen molar-refractivity contribution in [2.45, 2.75) is 84.9 Å². The predicted octanol–water partition coefficient (Wildman–Crippen LogP) is 4.99. The van der Waals surface area contributed by atoms with Gasteiger partial charge < -0.3 is 9.05 Å². The van der Waals surface area contributed by atoms with Crippen LogP contribution in [0, 0.1) is 34.5 Å². The number of hydrogen-bond donors (Lipinski definition) is 0. The summed E-state index contributed by atoms with van der Waals surface area (Å²) in [5.41, 5.74) is 1.38. The van der Waals surface area contributed by atoms with E-state index in [9.17, 15) is 5.26 Å². The first-order valence-corrected chi connectivity index (χ1v) is 12.0. The molecule has 0 saturated heterocycles. The average Bonchev–Trinajstić information content (AvgIpc) is 3.09. The zero-order chi connectivity index (χ0) is 22.1. The van der Waals surface area contributed by atoms with E-state index in [0.717, 1.165) is 31.4 Å². The maximum Gasteiger partial charge on any atom is 0.259 e. The van der Waals surface area contributed by atoms with Crippen molar-refractivity contribution in [2.75, 3.05) is 6.61 Å². The first-order valence-electron chi connectivity index (χ1n) is 10.8. The second-order valence-corrected chi connectivity index (χ2v) is 9.80. The molecule has 1 aliphatic rings. The van der Waals surface area contributed by atoms with Gasteiger partial charge in [-0.25, -0.2) is 14.6 Å². The van der Waals surface area contributed by atoms with Crippen molar-refractivity contribution in [3.63, 3.8) is 0 Å². The Hall–Kier alpha value is -1.63. The van der Waals surface area contributed by atoms with E-state index in [0.29, 0.717) is 30.4 Å². The minimum Gasteiger partial charge on any atom is -0.321 e. The second kappa shape index (κ2) is 12.3. The molecule has 1 aromatic rings. The van der Waals surface area contributed by atoms with Crippen LogP contribution in [0.1, 0.15) is 71.6 Å². The molecule has 0 bridgehead atoms. The molecule has 1 unspecified atom stereocenters. The van der Waals surface area contributed by atoms with Crippen LogP contribution in [-0.2, 0) is 15.5 Å². The van der Waals surface area contributed by atoms with Gasteiger partial charge in [-0.1, -0.05) is 13.3 Å². The van der Waals surface area contributed by atoms with Crippen LogP contribution in [-0.4, -0.2) is 39.4 Å². The van der Waals surface area contributed by atoms with Crippen LogP contribution in [0.25, 0.3) is 0 Å². The second-order valence-electron chi connectivity index (χ2n) is 8.40. The third-order valence-electron chi connectivity index (χ3n) is 5.54. The minimum absolute atomic E-state index is 0.112. The van der Waals surface area contributed by atoms with Crippen LogP contribution in [0.2, 0.25) is 0 Å². The van der Waals surface area contributed by atoms with Gasteiger partial charge in [-0.05, 0) is 58.8 Å². The van der Waals surface area contributed by atoms with Crippen molar-refractivity contribution in [3.05, 3.63) is 23.8 Å². The number of nitriles is 2. The fourth-order valence-corrected chi connectivity index (χ4v) is 6.01. The standard InChI is InChI=1S/C22H34N5O2P/c1-6-19-10-18(11-21-20(13-24)14-25-15-26-21)12-22(19)29-30(28-9-7-8-23)27(16(2)3)17(4)5/h14-19,22H,6-7,9-12H2,1-5H3/t18-,19-,22-,30?/m0/s1. The number of rotatable bonds is 11. The molecule has 0 aliphatic heterocycles. The molecular formula is C22H34N5O2P. The summed E-state index contributed by atoms with van der Waals surface area (Å²) in [6.07, 6.45) is 7.38. The summed E-state index contributed by atoms with van der Waals surface area (Å²) < 4.78 is 15.0. The van der Waals surface area contributed by atoms with E-state index < -0.39 is 8.53 Å². The van der Waals surface area contributed by atoms with E-state index in [4.69, 9.17) is 14.3 Å². The van der Waals surface area contributed by atoms with Crippen molar-refractivity contribution < 1.29 is 9.05 Å². The molecule has 164 valence electrons. The van der Waals surface area contributed by atoms with Gasteiger partial charge >= 0.3 is 0 Å². The van der Waals surface area contributed by atoms with Gasteiger partial charge in [0.15, 0.2) is 0 Å². The molecule has 7 nitrogen and oxygen atoms in total. The molecule has 0 aromatic carbocycles. The minimum atomic E-state index is -1.24. The Morgan fingerprint density at radius 1 is 1.23 bits per heavy atom. The van der Waals surface area contributed by atoms with Gasteiger partial charge in [0.1, 0.15) is 12.4 Å². The van der Waals surface area contributed by atoms with Crippen molar-refractivity contribution >= 4 is 8.53 Å². The molecule has 2 rings (SSSR count). The maximum absolute atomic E-state index is 9.33. The summed E-state index contributed by atoms with van der Waals surface area (Å²) in [6, 6.07) is 4.93. The predicted molar refractivity (Wildman–Crippen MR) is 117 cm³/mol. The fraction of sp³-hybridized carbons (Fsp3) is 0.727. The Bertz CT molecular complexity index is 738. The van der Waals surface area contributed by atoms with E-state index >= 15 is 0 Å². The normalized spacial score (nSPS) is 22.4. The van der Waals surface area contributed by atoms with Crippen LogP contribution >= 0.6 is 8.53 Å². The van der Waals surface area contributed by atoms with Gasteiger partial charge in [-0.15, -0.1) is 0 Å². The Kier molecular flexibility index (Phi) is 10.1.